The fourth-order valence-electron chi connectivity index (χ4n) is 3.37. The summed E-state index contributed by atoms with van der Waals surface area (Å²) in [6.07, 6.45) is 2.55. The number of esters is 1. The molecule has 1 aliphatic heterocycles. The second-order valence-corrected chi connectivity index (χ2v) is 6.89. The Morgan fingerprint density at radius 3 is 2.50 bits per heavy atom. The molecule has 166 valence electrons. The molecule has 0 unspecified atom stereocenters. The highest BCUT2D eigenvalue weighted by atomic mass is 35.5. The Kier molecular flexibility index (Phi) is 9.42. The molecule has 1 aromatic heterocycles. The molecule has 0 atom stereocenters. The molecular weight excluding hydrogens is 412 g/mol. The van der Waals surface area contributed by atoms with Crippen LogP contribution in [0.4, 0.5) is 0 Å². The summed E-state index contributed by atoms with van der Waals surface area (Å²) < 4.78 is 22.8. The lowest BCUT2D eigenvalue weighted by Gasteiger charge is -2.26. The predicted octanol–water partition coefficient (Wildman–Crippen LogP) is 2.10. The second-order valence-electron chi connectivity index (χ2n) is 6.89. The smallest absolute Gasteiger partial charge is 0.305 e. The van der Waals surface area contributed by atoms with Crippen LogP contribution in [0.2, 0.25) is 0 Å². The minimum atomic E-state index is -0.237. The Morgan fingerprint density at radius 2 is 1.80 bits per heavy atom. The Hall–Kier alpha value is -2.29. The Morgan fingerprint density at radius 1 is 1.10 bits per heavy atom. The number of rotatable bonds is 9. The Bertz CT molecular complexity index is 895. The van der Waals surface area contributed by atoms with Crippen LogP contribution in [0.15, 0.2) is 29.2 Å². The third kappa shape index (κ3) is 6.10. The molecule has 0 aliphatic carbocycles. The van der Waals surface area contributed by atoms with E-state index in [0.29, 0.717) is 36.5 Å². The Labute approximate surface area is 182 Å². The summed E-state index contributed by atoms with van der Waals surface area (Å²) in [5.74, 6) is 0.856. The maximum absolute atomic E-state index is 12.8. The maximum Gasteiger partial charge on any atom is 0.305 e. The summed E-state index contributed by atoms with van der Waals surface area (Å²) >= 11 is 0. The molecule has 8 nitrogen and oxygen atoms in total. The van der Waals surface area contributed by atoms with E-state index in [1.807, 2.05) is 6.07 Å². The van der Waals surface area contributed by atoms with Crippen LogP contribution in [0.1, 0.15) is 12.8 Å². The number of pyridine rings is 1. The molecule has 0 spiro atoms. The van der Waals surface area contributed by atoms with Gasteiger partial charge in [0.25, 0.3) is 5.56 Å². The number of nitrogens with zero attached hydrogens (tertiary/aromatic N) is 2. The van der Waals surface area contributed by atoms with Crippen molar-refractivity contribution in [2.24, 2.45) is 0 Å². The SMILES string of the molecule is COc1cc2ccn(CCCC(=O)OCCN3CCOCC3)c(=O)c2cc1OC.Cl. The van der Waals surface area contributed by atoms with E-state index < -0.39 is 0 Å². The summed E-state index contributed by atoms with van der Waals surface area (Å²) in [6.45, 7) is 4.76. The standard InChI is InChI=1S/C21H28N2O6.ClH/c1-26-18-14-16-5-7-23(21(25)17(16)15-19(18)27-2)6-3-4-20(24)29-13-10-22-8-11-28-12-9-22;/h5,7,14-15H,3-4,6,8-13H2,1-2H3;1H. The molecule has 2 heterocycles. The van der Waals surface area contributed by atoms with Crippen LogP contribution in [0.5, 0.6) is 11.5 Å². The molecule has 30 heavy (non-hydrogen) atoms. The summed E-state index contributed by atoms with van der Waals surface area (Å²) in [4.78, 5) is 26.9. The van der Waals surface area contributed by atoms with Crippen LogP contribution >= 0.6 is 12.4 Å². The normalized spacial score (nSPS) is 14.2. The third-order valence-corrected chi connectivity index (χ3v) is 5.04. The number of benzene rings is 1. The minimum Gasteiger partial charge on any atom is -0.493 e. The number of hydrogen-bond donors (Lipinski definition) is 0. The van der Waals surface area contributed by atoms with Crippen molar-refractivity contribution in [1.82, 2.24) is 9.47 Å². The van der Waals surface area contributed by atoms with Crippen molar-refractivity contribution < 1.29 is 23.7 Å². The zero-order valence-electron chi connectivity index (χ0n) is 17.4. The van der Waals surface area contributed by atoms with E-state index in [4.69, 9.17) is 18.9 Å². The van der Waals surface area contributed by atoms with Crippen LogP contribution in [-0.2, 0) is 20.8 Å². The molecule has 0 bridgehead atoms. The first-order valence-electron chi connectivity index (χ1n) is 9.83. The number of carbonyl (C=O) groups is 1. The van der Waals surface area contributed by atoms with Crippen molar-refractivity contribution in [3.8, 4) is 11.5 Å². The van der Waals surface area contributed by atoms with E-state index in [1.54, 1.807) is 30.0 Å². The van der Waals surface area contributed by atoms with Gasteiger partial charge < -0.3 is 23.5 Å². The molecular formula is C21H29ClN2O6. The highest BCUT2D eigenvalue weighted by Crippen LogP contribution is 2.30. The van der Waals surface area contributed by atoms with Gasteiger partial charge in [0.15, 0.2) is 11.5 Å². The minimum absolute atomic E-state index is 0. The maximum atomic E-state index is 12.8. The molecule has 1 aromatic carbocycles. The fraction of sp³-hybridized carbons (Fsp3) is 0.524. The summed E-state index contributed by atoms with van der Waals surface area (Å²) in [7, 11) is 3.10. The van der Waals surface area contributed by atoms with Gasteiger partial charge in [0, 0.05) is 38.8 Å². The number of aryl methyl sites for hydroxylation is 1. The van der Waals surface area contributed by atoms with Gasteiger partial charge in [-0.25, -0.2) is 0 Å². The average molecular weight is 441 g/mol. The van der Waals surface area contributed by atoms with Gasteiger partial charge in [0.05, 0.1) is 32.8 Å². The van der Waals surface area contributed by atoms with Gasteiger partial charge in [-0.05, 0) is 30.0 Å². The number of methoxy groups -OCH3 is 2. The molecule has 3 rings (SSSR count). The van der Waals surface area contributed by atoms with Crippen LogP contribution in [0.25, 0.3) is 10.8 Å². The molecule has 1 fully saturated rings. The van der Waals surface area contributed by atoms with Gasteiger partial charge in [-0.3, -0.25) is 14.5 Å². The monoisotopic (exact) mass is 440 g/mol. The van der Waals surface area contributed by atoms with Gasteiger partial charge in [0.1, 0.15) is 6.61 Å². The van der Waals surface area contributed by atoms with E-state index in [9.17, 15) is 9.59 Å². The number of morpholine rings is 1. The Balaban J connectivity index is 0.00000320. The van der Waals surface area contributed by atoms with Gasteiger partial charge in [-0.15, -0.1) is 12.4 Å². The first-order chi connectivity index (χ1) is 14.1. The van der Waals surface area contributed by atoms with Crippen molar-refractivity contribution in [1.29, 1.82) is 0 Å². The molecule has 2 aromatic rings. The van der Waals surface area contributed by atoms with Gasteiger partial charge in [0.2, 0.25) is 0 Å². The average Bonchev–Trinajstić information content (AvgIpc) is 2.75. The van der Waals surface area contributed by atoms with E-state index in [1.165, 1.54) is 7.11 Å². The molecule has 0 amide bonds. The van der Waals surface area contributed by atoms with Crippen molar-refractivity contribution in [2.75, 3.05) is 53.7 Å². The van der Waals surface area contributed by atoms with E-state index in [-0.39, 0.29) is 30.4 Å². The largest absolute Gasteiger partial charge is 0.493 e. The highest BCUT2D eigenvalue weighted by Gasteiger charge is 2.12. The summed E-state index contributed by atoms with van der Waals surface area (Å²) in [5, 5.41) is 1.34. The van der Waals surface area contributed by atoms with Crippen LogP contribution in [0, 0.1) is 0 Å². The van der Waals surface area contributed by atoms with Gasteiger partial charge in [-0.1, -0.05) is 0 Å². The molecule has 1 aliphatic rings. The summed E-state index contributed by atoms with van der Waals surface area (Å²) in [6, 6.07) is 5.33. The van der Waals surface area contributed by atoms with Crippen LogP contribution < -0.4 is 15.0 Å². The molecule has 1 saturated heterocycles. The van der Waals surface area contributed by atoms with Gasteiger partial charge in [-0.2, -0.15) is 0 Å². The number of aromatic nitrogens is 1. The lowest BCUT2D eigenvalue weighted by molar-refractivity contribution is -0.144. The van der Waals surface area contributed by atoms with E-state index in [0.717, 1.165) is 38.2 Å². The molecule has 9 heteroatoms. The molecule has 0 N–H and O–H groups in total. The van der Waals surface area contributed by atoms with Crippen molar-refractivity contribution >= 4 is 29.1 Å². The van der Waals surface area contributed by atoms with E-state index >= 15 is 0 Å². The van der Waals surface area contributed by atoms with Crippen molar-refractivity contribution in [2.45, 2.75) is 19.4 Å². The summed E-state index contributed by atoms with van der Waals surface area (Å²) in [5.41, 5.74) is -0.121. The van der Waals surface area contributed by atoms with Crippen LogP contribution in [-0.4, -0.2) is 69.1 Å². The fourth-order valence-corrected chi connectivity index (χ4v) is 3.37. The lowest BCUT2D eigenvalue weighted by atomic mass is 10.1. The topological polar surface area (TPSA) is 79.2 Å². The van der Waals surface area contributed by atoms with Crippen molar-refractivity contribution in [3.63, 3.8) is 0 Å². The third-order valence-electron chi connectivity index (χ3n) is 5.04. The zero-order chi connectivity index (χ0) is 20.6. The molecule has 0 saturated carbocycles. The first-order valence-corrected chi connectivity index (χ1v) is 9.83. The second kappa shape index (κ2) is 11.8. The number of halogens is 1. The zero-order valence-corrected chi connectivity index (χ0v) is 18.2. The number of hydrogen-bond acceptors (Lipinski definition) is 7. The lowest BCUT2D eigenvalue weighted by Crippen LogP contribution is -2.38. The first kappa shape index (κ1) is 24.0. The van der Waals surface area contributed by atoms with Crippen LogP contribution in [0.3, 0.4) is 0 Å². The number of ether oxygens (including phenoxy) is 4. The number of carbonyl (C=O) groups excluding carboxylic acids is 1. The van der Waals surface area contributed by atoms with E-state index in [2.05, 4.69) is 4.90 Å². The number of fused-ring (bicyclic) bond motifs is 1. The molecule has 0 radical (unpaired) electrons. The quantitative estimate of drug-likeness (QED) is 0.552. The predicted molar refractivity (Wildman–Crippen MR) is 116 cm³/mol. The van der Waals surface area contributed by atoms with Crippen molar-refractivity contribution in [3.05, 3.63) is 34.7 Å². The highest BCUT2D eigenvalue weighted by molar-refractivity contribution is 5.85. The van der Waals surface area contributed by atoms with Gasteiger partial charge >= 0.3 is 5.97 Å².